The molecule has 1 aromatic heterocycles. The van der Waals surface area contributed by atoms with E-state index in [1.165, 1.54) is 24.1 Å². The molecule has 1 saturated heterocycles. The molecule has 1 fully saturated rings. The number of likely N-dealkylation sites (tertiary alicyclic amines) is 1. The Bertz CT molecular complexity index is 831. The zero-order valence-corrected chi connectivity index (χ0v) is 20.1. The van der Waals surface area contributed by atoms with Crippen LogP contribution in [0, 0.1) is 25.6 Å². The highest BCUT2D eigenvalue weighted by Gasteiger charge is 2.24. The van der Waals surface area contributed by atoms with Crippen LogP contribution < -0.4 is 0 Å². The third-order valence-corrected chi connectivity index (χ3v) is 6.55. The Morgan fingerprint density at radius 2 is 1.94 bits per heavy atom. The van der Waals surface area contributed by atoms with Gasteiger partial charge in [0.25, 0.3) is 0 Å². The lowest BCUT2D eigenvalue weighted by Crippen LogP contribution is -2.42. The minimum Gasteiger partial charge on any atom is -0.308 e. The third-order valence-electron chi connectivity index (χ3n) is 6.55. The molecule has 5 nitrogen and oxygen atoms in total. The number of likely N-dealkylation sites (N-methyl/N-ethyl adjacent to an activating group) is 1. The van der Waals surface area contributed by atoms with Gasteiger partial charge in [-0.1, -0.05) is 18.2 Å². The van der Waals surface area contributed by atoms with Crippen LogP contribution in [0.1, 0.15) is 42.3 Å². The molecule has 172 valence electrons. The number of piperidine rings is 1. The van der Waals surface area contributed by atoms with E-state index in [1.807, 2.05) is 12.1 Å². The number of hydrogen-bond acceptors (Lipinski definition) is 4. The highest BCUT2D eigenvalue weighted by atomic mass is 19.1. The molecule has 0 saturated carbocycles. The zero-order valence-electron chi connectivity index (χ0n) is 20.1. The van der Waals surface area contributed by atoms with Crippen molar-refractivity contribution in [1.29, 1.82) is 0 Å². The molecule has 2 heterocycles. The maximum atomic E-state index is 14.1. The Labute approximate surface area is 187 Å². The number of hydrogen-bond donors (Lipinski definition) is 0. The first-order chi connectivity index (χ1) is 14.9. The number of halogens is 1. The highest BCUT2D eigenvalue weighted by Crippen LogP contribution is 2.23. The van der Waals surface area contributed by atoms with Gasteiger partial charge in [-0.2, -0.15) is 5.10 Å². The highest BCUT2D eigenvalue weighted by molar-refractivity contribution is 5.24. The monoisotopic (exact) mass is 429 g/mol. The van der Waals surface area contributed by atoms with E-state index in [4.69, 9.17) is 5.10 Å². The number of nitrogens with zero attached hydrogens (tertiary/aromatic N) is 5. The van der Waals surface area contributed by atoms with Gasteiger partial charge >= 0.3 is 0 Å². The minimum absolute atomic E-state index is 0.0869. The molecule has 0 N–H and O–H groups in total. The second-order valence-electron chi connectivity index (χ2n) is 9.34. The van der Waals surface area contributed by atoms with Crippen LogP contribution >= 0.6 is 0 Å². The van der Waals surface area contributed by atoms with E-state index in [9.17, 15) is 4.39 Å². The Hall–Kier alpha value is -1.76. The van der Waals surface area contributed by atoms with Crippen LogP contribution in [0.15, 0.2) is 24.3 Å². The average Bonchev–Trinajstić information content (AvgIpc) is 3.01. The van der Waals surface area contributed by atoms with Crippen molar-refractivity contribution < 1.29 is 4.39 Å². The molecule has 3 rings (SSSR count). The minimum atomic E-state index is -0.0869. The molecule has 1 unspecified atom stereocenters. The predicted molar refractivity (Wildman–Crippen MR) is 126 cm³/mol. The summed E-state index contributed by atoms with van der Waals surface area (Å²) in [5.74, 6) is 0.528. The van der Waals surface area contributed by atoms with E-state index in [0.717, 1.165) is 57.1 Å². The van der Waals surface area contributed by atoms with Crippen molar-refractivity contribution in [3.63, 3.8) is 0 Å². The molecule has 0 amide bonds. The van der Waals surface area contributed by atoms with Crippen molar-refractivity contribution in [2.24, 2.45) is 5.92 Å². The van der Waals surface area contributed by atoms with E-state index >= 15 is 0 Å². The molecule has 0 bridgehead atoms. The third kappa shape index (κ3) is 6.61. The van der Waals surface area contributed by atoms with Crippen molar-refractivity contribution in [3.05, 3.63) is 52.6 Å². The molecule has 0 spiro atoms. The number of aromatic nitrogens is 2. The molecular formula is C25H40FN5. The van der Waals surface area contributed by atoms with E-state index in [-0.39, 0.29) is 5.82 Å². The maximum Gasteiger partial charge on any atom is 0.127 e. The summed E-state index contributed by atoms with van der Waals surface area (Å²) in [6.07, 6.45) is 2.44. The smallest absolute Gasteiger partial charge is 0.127 e. The Morgan fingerprint density at radius 3 is 2.61 bits per heavy atom. The van der Waals surface area contributed by atoms with Gasteiger partial charge in [0.1, 0.15) is 5.82 Å². The van der Waals surface area contributed by atoms with E-state index < -0.39 is 0 Å². The van der Waals surface area contributed by atoms with Crippen LogP contribution in [0.25, 0.3) is 0 Å². The summed E-state index contributed by atoms with van der Waals surface area (Å²) in [5.41, 5.74) is 4.63. The van der Waals surface area contributed by atoms with Gasteiger partial charge < -0.3 is 4.90 Å². The van der Waals surface area contributed by atoms with Crippen molar-refractivity contribution in [3.8, 4) is 0 Å². The van der Waals surface area contributed by atoms with Crippen LogP contribution in [-0.4, -0.2) is 71.3 Å². The normalized spacial score (nSPS) is 17.7. The molecule has 1 aromatic carbocycles. The van der Waals surface area contributed by atoms with E-state index in [0.29, 0.717) is 12.5 Å². The molecular weight excluding hydrogens is 389 g/mol. The lowest BCUT2D eigenvalue weighted by atomic mass is 9.96. The van der Waals surface area contributed by atoms with E-state index in [2.05, 4.69) is 54.2 Å². The van der Waals surface area contributed by atoms with E-state index in [1.54, 1.807) is 12.1 Å². The molecule has 0 radical (unpaired) electrons. The van der Waals surface area contributed by atoms with Gasteiger partial charge in [0.15, 0.2) is 0 Å². The van der Waals surface area contributed by atoms with Crippen molar-refractivity contribution in [2.75, 3.05) is 46.8 Å². The second kappa shape index (κ2) is 11.2. The first-order valence-electron chi connectivity index (χ1n) is 11.7. The van der Waals surface area contributed by atoms with Crippen molar-refractivity contribution in [2.45, 2.75) is 53.2 Å². The summed E-state index contributed by atoms with van der Waals surface area (Å²) < 4.78 is 16.2. The largest absolute Gasteiger partial charge is 0.308 e. The standard InChI is InChI=1S/C25H40FN5/c1-6-31-21(3)24(20(2)27-31)19-30(15-14-28(4)5)17-22-10-9-13-29(16-22)18-23-11-7-8-12-25(23)26/h7-8,11-12,22H,6,9-10,13-19H2,1-5H3. The second-order valence-corrected chi connectivity index (χ2v) is 9.34. The Kier molecular flexibility index (Phi) is 8.64. The molecule has 1 aliphatic heterocycles. The topological polar surface area (TPSA) is 27.5 Å². The lowest BCUT2D eigenvalue weighted by Gasteiger charge is -2.36. The average molecular weight is 430 g/mol. The summed E-state index contributed by atoms with van der Waals surface area (Å²) in [4.78, 5) is 7.30. The maximum absolute atomic E-state index is 14.1. The lowest BCUT2D eigenvalue weighted by molar-refractivity contribution is 0.119. The molecule has 1 aliphatic rings. The van der Waals surface area contributed by atoms with Gasteiger partial charge in [-0.25, -0.2) is 4.39 Å². The fourth-order valence-electron chi connectivity index (χ4n) is 4.75. The molecule has 2 aromatic rings. The molecule has 6 heteroatoms. The fourth-order valence-corrected chi connectivity index (χ4v) is 4.75. The first kappa shape index (κ1) is 23.9. The van der Waals surface area contributed by atoms with Gasteiger partial charge in [-0.15, -0.1) is 0 Å². The summed E-state index contributed by atoms with van der Waals surface area (Å²) in [6, 6.07) is 7.19. The fraction of sp³-hybridized carbons (Fsp3) is 0.640. The summed E-state index contributed by atoms with van der Waals surface area (Å²) in [7, 11) is 4.28. The Balaban J connectivity index is 1.66. The zero-order chi connectivity index (χ0) is 22.4. The van der Waals surface area contributed by atoms with Gasteiger partial charge in [0.05, 0.1) is 5.69 Å². The number of rotatable bonds is 10. The Morgan fingerprint density at radius 1 is 1.16 bits per heavy atom. The predicted octanol–water partition coefficient (Wildman–Crippen LogP) is 3.93. The first-order valence-corrected chi connectivity index (χ1v) is 11.7. The summed E-state index contributed by atoms with van der Waals surface area (Å²) in [6.45, 7) is 14.3. The van der Waals surface area contributed by atoms with Gasteiger partial charge in [0.2, 0.25) is 0 Å². The number of benzene rings is 1. The van der Waals surface area contributed by atoms with Gasteiger partial charge in [0, 0.05) is 62.6 Å². The van der Waals surface area contributed by atoms with Gasteiger partial charge in [-0.3, -0.25) is 14.5 Å². The molecule has 0 aliphatic carbocycles. The van der Waals surface area contributed by atoms with Gasteiger partial charge in [-0.05, 0) is 66.2 Å². The molecule has 31 heavy (non-hydrogen) atoms. The van der Waals surface area contributed by atoms with Crippen LogP contribution in [0.2, 0.25) is 0 Å². The number of aryl methyl sites for hydroxylation is 2. The summed E-state index contributed by atoms with van der Waals surface area (Å²) in [5, 5.41) is 4.73. The van der Waals surface area contributed by atoms with Crippen LogP contribution in [-0.2, 0) is 19.6 Å². The van der Waals surface area contributed by atoms with Crippen LogP contribution in [0.5, 0.6) is 0 Å². The van der Waals surface area contributed by atoms with Crippen LogP contribution in [0.3, 0.4) is 0 Å². The molecule has 1 atom stereocenters. The summed E-state index contributed by atoms with van der Waals surface area (Å²) >= 11 is 0. The van der Waals surface area contributed by atoms with Crippen LogP contribution in [0.4, 0.5) is 4.39 Å². The van der Waals surface area contributed by atoms with Crippen molar-refractivity contribution >= 4 is 0 Å². The SMILES string of the molecule is CCn1nc(C)c(CN(CCN(C)C)CC2CCCN(Cc3ccccc3F)C2)c1C. The quantitative estimate of drug-likeness (QED) is 0.572. The van der Waals surface area contributed by atoms with Crippen molar-refractivity contribution in [1.82, 2.24) is 24.5 Å².